The fourth-order valence-electron chi connectivity index (χ4n) is 2.16. The molecule has 1 aromatic heterocycles. The molecule has 25 heavy (non-hydrogen) atoms. The van der Waals surface area contributed by atoms with Crippen LogP contribution in [-0.4, -0.2) is 18.0 Å². The average molecular weight is 355 g/mol. The van der Waals surface area contributed by atoms with E-state index >= 15 is 0 Å². The highest BCUT2D eigenvalue weighted by atomic mass is 32.1. The summed E-state index contributed by atoms with van der Waals surface area (Å²) in [5, 5.41) is 5.07. The summed E-state index contributed by atoms with van der Waals surface area (Å²) in [5.41, 5.74) is 7.40. The van der Waals surface area contributed by atoms with Crippen LogP contribution in [0, 0.1) is 0 Å². The maximum atomic E-state index is 12.5. The van der Waals surface area contributed by atoms with E-state index in [0.717, 1.165) is 5.69 Å². The van der Waals surface area contributed by atoms with Crippen molar-refractivity contribution in [3.05, 3.63) is 65.2 Å². The quantitative estimate of drug-likeness (QED) is 0.655. The number of rotatable bonds is 6. The predicted molar refractivity (Wildman–Crippen MR) is 98.2 cm³/mol. The Bertz CT molecular complexity index is 865. The number of ether oxygens (including phenoxy) is 2. The van der Waals surface area contributed by atoms with Gasteiger partial charge in [-0.2, -0.15) is 0 Å². The van der Waals surface area contributed by atoms with Gasteiger partial charge in [-0.1, -0.05) is 18.2 Å². The lowest BCUT2D eigenvalue weighted by Gasteiger charge is -2.09. The Morgan fingerprint density at radius 3 is 2.76 bits per heavy atom. The lowest BCUT2D eigenvalue weighted by Crippen LogP contribution is -2.14. The number of methoxy groups -OCH3 is 1. The minimum absolute atomic E-state index is 0.330. The average Bonchev–Trinajstić information content (AvgIpc) is 3.05. The molecule has 1 heterocycles. The summed E-state index contributed by atoms with van der Waals surface area (Å²) in [6.07, 6.45) is 0. The molecule has 128 valence electrons. The third kappa shape index (κ3) is 4.34. The Morgan fingerprint density at radius 1 is 1.20 bits per heavy atom. The lowest BCUT2D eigenvalue weighted by molar-refractivity contribution is 0.102. The first-order valence-corrected chi connectivity index (χ1v) is 8.41. The van der Waals surface area contributed by atoms with Crippen molar-refractivity contribution in [2.24, 2.45) is 0 Å². The van der Waals surface area contributed by atoms with E-state index in [1.165, 1.54) is 11.3 Å². The zero-order valence-corrected chi connectivity index (χ0v) is 14.4. The van der Waals surface area contributed by atoms with E-state index in [1.54, 1.807) is 25.3 Å². The first kappa shape index (κ1) is 16.9. The Hall–Kier alpha value is -2.90. The summed E-state index contributed by atoms with van der Waals surface area (Å²) in [5.74, 6) is 0.877. The Kier molecular flexibility index (Phi) is 5.27. The molecule has 0 unspecified atom stereocenters. The molecule has 0 saturated carbocycles. The first-order chi connectivity index (χ1) is 12.2. The monoisotopic (exact) mass is 355 g/mol. The molecule has 0 radical (unpaired) electrons. The van der Waals surface area contributed by atoms with E-state index in [4.69, 9.17) is 15.2 Å². The smallest absolute Gasteiger partial charge is 0.259 e. The van der Waals surface area contributed by atoms with Crippen molar-refractivity contribution in [3.8, 4) is 11.5 Å². The molecule has 0 spiro atoms. The molecule has 0 fully saturated rings. The largest absolute Gasteiger partial charge is 0.457 e. The van der Waals surface area contributed by atoms with Gasteiger partial charge in [0.15, 0.2) is 5.13 Å². The summed E-state index contributed by atoms with van der Waals surface area (Å²) in [7, 11) is 1.59. The number of nitrogens with two attached hydrogens (primary N) is 1. The van der Waals surface area contributed by atoms with Gasteiger partial charge in [-0.05, 0) is 30.3 Å². The Balaban J connectivity index is 1.76. The van der Waals surface area contributed by atoms with Gasteiger partial charge >= 0.3 is 0 Å². The number of hydrogen-bond donors (Lipinski definition) is 2. The van der Waals surface area contributed by atoms with Crippen LogP contribution in [0.2, 0.25) is 0 Å². The van der Waals surface area contributed by atoms with Crippen LogP contribution < -0.4 is 15.8 Å². The predicted octanol–water partition coefficient (Wildman–Crippen LogP) is 3.92. The minimum Gasteiger partial charge on any atom is -0.457 e. The van der Waals surface area contributed by atoms with Gasteiger partial charge in [-0.15, -0.1) is 11.3 Å². The van der Waals surface area contributed by atoms with Crippen molar-refractivity contribution < 1.29 is 14.3 Å². The number of nitrogen functional groups attached to an aromatic ring is 1. The fraction of sp³-hybridized carbons (Fsp3) is 0.111. The number of para-hydroxylation sites is 1. The molecule has 2 aromatic carbocycles. The van der Waals surface area contributed by atoms with E-state index in [2.05, 4.69) is 10.3 Å². The van der Waals surface area contributed by atoms with Crippen LogP contribution in [0.15, 0.2) is 53.9 Å². The summed E-state index contributed by atoms with van der Waals surface area (Å²) in [6, 6.07) is 14.3. The molecule has 0 saturated heterocycles. The highest BCUT2D eigenvalue weighted by Crippen LogP contribution is 2.26. The van der Waals surface area contributed by atoms with Crippen LogP contribution in [-0.2, 0) is 11.3 Å². The van der Waals surface area contributed by atoms with Crippen molar-refractivity contribution in [1.82, 2.24) is 4.98 Å². The summed E-state index contributed by atoms with van der Waals surface area (Å²) in [4.78, 5) is 16.8. The van der Waals surface area contributed by atoms with Crippen molar-refractivity contribution in [2.75, 3.05) is 18.2 Å². The van der Waals surface area contributed by atoms with Gasteiger partial charge in [0.25, 0.3) is 5.91 Å². The number of thiazole rings is 1. The molecule has 7 heteroatoms. The fourth-order valence-corrected chi connectivity index (χ4v) is 2.85. The number of nitrogens with zero attached hydrogens (tertiary/aromatic N) is 1. The van der Waals surface area contributed by atoms with E-state index in [9.17, 15) is 4.79 Å². The zero-order valence-electron chi connectivity index (χ0n) is 13.6. The molecule has 0 atom stereocenters. The molecule has 3 rings (SSSR count). The van der Waals surface area contributed by atoms with Crippen molar-refractivity contribution in [1.29, 1.82) is 0 Å². The van der Waals surface area contributed by atoms with E-state index in [1.807, 2.05) is 35.7 Å². The van der Waals surface area contributed by atoms with Gasteiger partial charge in [-0.3, -0.25) is 10.1 Å². The number of carbonyl (C=O) groups excluding carboxylic acids is 1. The molecule has 0 aliphatic rings. The second-order valence-electron chi connectivity index (χ2n) is 5.20. The molecule has 0 aliphatic carbocycles. The SMILES string of the molecule is COCc1csc(NC(=O)c2cc(Oc3ccccc3)ccc2N)n1. The van der Waals surface area contributed by atoms with Gasteiger partial charge in [0.2, 0.25) is 0 Å². The second kappa shape index (κ2) is 7.78. The molecule has 0 bridgehead atoms. The van der Waals surface area contributed by atoms with Crippen LogP contribution in [0.1, 0.15) is 16.1 Å². The summed E-state index contributed by atoms with van der Waals surface area (Å²) < 4.78 is 10.8. The Morgan fingerprint density at radius 2 is 2.00 bits per heavy atom. The lowest BCUT2D eigenvalue weighted by atomic mass is 10.1. The van der Waals surface area contributed by atoms with Crippen LogP contribution in [0.4, 0.5) is 10.8 Å². The molecular weight excluding hydrogens is 338 g/mol. The van der Waals surface area contributed by atoms with Crippen molar-refractivity contribution in [2.45, 2.75) is 6.61 Å². The maximum Gasteiger partial charge on any atom is 0.259 e. The number of aromatic nitrogens is 1. The second-order valence-corrected chi connectivity index (χ2v) is 6.05. The molecule has 1 amide bonds. The highest BCUT2D eigenvalue weighted by molar-refractivity contribution is 7.14. The van der Waals surface area contributed by atoms with Gasteiger partial charge in [0.1, 0.15) is 11.5 Å². The number of hydrogen-bond acceptors (Lipinski definition) is 6. The third-order valence-corrected chi connectivity index (χ3v) is 4.12. The molecular formula is C18H17N3O3S. The van der Waals surface area contributed by atoms with E-state index in [0.29, 0.717) is 34.5 Å². The van der Waals surface area contributed by atoms with Gasteiger partial charge < -0.3 is 15.2 Å². The number of nitrogens with one attached hydrogen (secondary N) is 1. The summed E-state index contributed by atoms with van der Waals surface area (Å²) >= 11 is 1.33. The van der Waals surface area contributed by atoms with Gasteiger partial charge in [-0.25, -0.2) is 4.98 Å². The highest BCUT2D eigenvalue weighted by Gasteiger charge is 2.14. The number of benzene rings is 2. The molecule has 3 N–H and O–H groups in total. The molecule has 3 aromatic rings. The Labute approximate surface area is 149 Å². The summed E-state index contributed by atoms with van der Waals surface area (Å²) in [6.45, 7) is 0.398. The topological polar surface area (TPSA) is 86.5 Å². The standard InChI is InChI=1S/C18H17N3O3S/c1-23-10-12-11-25-18(20-12)21-17(22)15-9-14(7-8-16(15)19)24-13-5-3-2-4-6-13/h2-9,11H,10,19H2,1H3,(H,20,21,22). The molecule has 6 nitrogen and oxygen atoms in total. The first-order valence-electron chi connectivity index (χ1n) is 7.53. The number of carbonyl (C=O) groups is 1. The van der Waals surface area contributed by atoms with Gasteiger partial charge in [0, 0.05) is 18.2 Å². The number of anilines is 2. The normalized spacial score (nSPS) is 10.4. The minimum atomic E-state index is -0.339. The van der Waals surface area contributed by atoms with Gasteiger partial charge in [0.05, 0.1) is 17.9 Å². The van der Waals surface area contributed by atoms with Crippen molar-refractivity contribution in [3.63, 3.8) is 0 Å². The number of amides is 1. The molecule has 0 aliphatic heterocycles. The van der Waals surface area contributed by atoms with E-state index < -0.39 is 0 Å². The van der Waals surface area contributed by atoms with Crippen LogP contribution >= 0.6 is 11.3 Å². The van der Waals surface area contributed by atoms with E-state index in [-0.39, 0.29) is 5.91 Å². The third-order valence-electron chi connectivity index (χ3n) is 3.31. The van der Waals surface area contributed by atoms with Crippen molar-refractivity contribution >= 4 is 28.1 Å². The zero-order chi connectivity index (χ0) is 17.6. The van der Waals surface area contributed by atoms with Crippen LogP contribution in [0.5, 0.6) is 11.5 Å². The van der Waals surface area contributed by atoms with Crippen LogP contribution in [0.25, 0.3) is 0 Å². The van der Waals surface area contributed by atoms with Crippen LogP contribution in [0.3, 0.4) is 0 Å². The maximum absolute atomic E-state index is 12.5.